The van der Waals surface area contributed by atoms with Crippen molar-refractivity contribution in [3.05, 3.63) is 0 Å². The maximum Gasteiger partial charge on any atom is 0.329 e. The second-order valence-corrected chi connectivity index (χ2v) is 4.99. The second kappa shape index (κ2) is 7.81. The fraction of sp³-hybridized carbons (Fsp3) is 0.750. The van der Waals surface area contributed by atoms with Crippen LogP contribution in [0.15, 0.2) is 0 Å². The molecule has 0 saturated carbocycles. The molecule has 1 fully saturated rings. The summed E-state index contributed by atoms with van der Waals surface area (Å²) >= 11 is 0. The van der Waals surface area contributed by atoms with Crippen LogP contribution in [0, 0.1) is 0 Å². The van der Waals surface area contributed by atoms with E-state index in [9.17, 15) is 14.4 Å². The quantitative estimate of drug-likeness (QED) is 0.673. The summed E-state index contributed by atoms with van der Waals surface area (Å²) in [4.78, 5) is 37.2. The lowest BCUT2D eigenvalue weighted by Gasteiger charge is -2.26. The van der Waals surface area contributed by atoms with Crippen LogP contribution in [-0.4, -0.2) is 79.3 Å². The molecule has 0 aromatic rings. The van der Waals surface area contributed by atoms with Gasteiger partial charge in [-0.05, 0) is 26.9 Å². The molecular weight excluding hydrogens is 266 g/mol. The van der Waals surface area contributed by atoms with Crippen LogP contribution in [0.5, 0.6) is 0 Å². The number of ether oxygens (including phenoxy) is 1. The number of nitrogens with one attached hydrogen (secondary N) is 1. The number of hydrogen-bond acceptors (Lipinski definition) is 5. The molecule has 2 N–H and O–H groups in total. The summed E-state index contributed by atoms with van der Waals surface area (Å²) < 4.78 is 4.62. The minimum absolute atomic E-state index is 0.0951. The van der Waals surface area contributed by atoms with Crippen molar-refractivity contribution in [3.63, 3.8) is 0 Å². The van der Waals surface area contributed by atoms with Crippen LogP contribution >= 0.6 is 0 Å². The maximum atomic E-state index is 11.9. The van der Waals surface area contributed by atoms with Crippen LogP contribution in [0.1, 0.15) is 12.8 Å². The third-order valence-corrected chi connectivity index (χ3v) is 2.92. The molecular formula is C12H21N3O5. The van der Waals surface area contributed by atoms with Crippen molar-refractivity contribution < 1.29 is 24.2 Å². The lowest BCUT2D eigenvalue weighted by molar-refractivity contribution is -0.143. The number of carbonyl (C=O) groups is 3. The summed E-state index contributed by atoms with van der Waals surface area (Å²) in [5, 5.41) is 10.6. The highest BCUT2D eigenvalue weighted by Gasteiger charge is 2.29. The molecule has 8 nitrogen and oxygen atoms in total. The van der Waals surface area contributed by atoms with E-state index in [2.05, 4.69) is 10.1 Å². The van der Waals surface area contributed by atoms with Crippen LogP contribution in [-0.2, 0) is 14.3 Å². The third kappa shape index (κ3) is 5.54. The van der Waals surface area contributed by atoms with Gasteiger partial charge in [-0.3, -0.25) is 10.1 Å². The molecule has 0 bridgehead atoms. The number of carboxylic acids is 1. The first-order valence-corrected chi connectivity index (χ1v) is 6.45. The average molecular weight is 287 g/mol. The number of carboxylic acid groups (broad SMARTS) is 1. The first kappa shape index (κ1) is 16.4. The molecule has 3 amide bonds. The van der Waals surface area contributed by atoms with Gasteiger partial charge in [-0.2, -0.15) is 0 Å². The Morgan fingerprint density at radius 3 is 2.65 bits per heavy atom. The van der Waals surface area contributed by atoms with Gasteiger partial charge in [0.25, 0.3) is 5.91 Å². The third-order valence-electron chi connectivity index (χ3n) is 2.92. The number of urea groups is 1. The Balaban J connectivity index is 2.37. The van der Waals surface area contributed by atoms with Gasteiger partial charge < -0.3 is 19.6 Å². The van der Waals surface area contributed by atoms with Crippen molar-refractivity contribution in [2.45, 2.75) is 18.9 Å². The van der Waals surface area contributed by atoms with Gasteiger partial charge in [0, 0.05) is 19.1 Å². The lowest BCUT2D eigenvalue weighted by atomic mass is 10.2. The zero-order valence-electron chi connectivity index (χ0n) is 11.8. The average Bonchev–Trinajstić information content (AvgIpc) is 2.75. The van der Waals surface area contributed by atoms with Gasteiger partial charge in [0.05, 0.1) is 0 Å². The molecule has 0 aliphatic carbocycles. The zero-order chi connectivity index (χ0) is 15.1. The zero-order valence-corrected chi connectivity index (χ0v) is 11.8. The van der Waals surface area contributed by atoms with Crippen molar-refractivity contribution in [2.24, 2.45) is 0 Å². The van der Waals surface area contributed by atoms with E-state index >= 15 is 0 Å². The molecule has 1 aliphatic heterocycles. The summed E-state index contributed by atoms with van der Waals surface area (Å²) in [5.74, 6) is -1.79. The number of carbonyl (C=O) groups excluding carboxylic acids is 2. The number of aliphatic carboxylic acids is 1. The van der Waals surface area contributed by atoms with Crippen LogP contribution in [0.2, 0.25) is 0 Å². The summed E-state index contributed by atoms with van der Waals surface area (Å²) in [6.45, 7) is 0.365. The number of nitrogens with zero attached hydrogens (tertiary/aromatic N) is 2. The molecule has 1 heterocycles. The molecule has 1 unspecified atom stereocenters. The van der Waals surface area contributed by atoms with Gasteiger partial charge in [0.15, 0.2) is 0 Å². The minimum Gasteiger partial charge on any atom is -0.480 e. The Morgan fingerprint density at radius 1 is 1.35 bits per heavy atom. The van der Waals surface area contributed by atoms with Gasteiger partial charge in [0.1, 0.15) is 13.2 Å². The molecule has 1 atom stereocenters. The van der Waals surface area contributed by atoms with Gasteiger partial charge in [0.2, 0.25) is 0 Å². The summed E-state index contributed by atoms with van der Waals surface area (Å²) in [7, 11) is 3.86. The maximum absolute atomic E-state index is 11.9. The molecule has 114 valence electrons. The molecule has 20 heavy (non-hydrogen) atoms. The topological polar surface area (TPSA) is 99.2 Å². The number of hydrogen-bond donors (Lipinski definition) is 2. The number of rotatable bonds is 6. The van der Waals surface area contributed by atoms with Crippen molar-refractivity contribution in [1.29, 1.82) is 0 Å². The minimum atomic E-state index is -1.16. The van der Waals surface area contributed by atoms with Gasteiger partial charge in [-0.15, -0.1) is 0 Å². The highest BCUT2D eigenvalue weighted by Crippen LogP contribution is 2.17. The highest BCUT2D eigenvalue weighted by molar-refractivity contribution is 5.95. The van der Waals surface area contributed by atoms with E-state index in [1.54, 1.807) is 4.90 Å². The molecule has 0 aromatic carbocycles. The molecule has 1 aliphatic rings. The SMILES string of the molecule is CN(C)CC1CCCN1C(=O)NC(=O)COCC(=O)O. The number of likely N-dealkylation sites (N-methyl/N-ethyl adjacent to an activating group) is 1. The number of likely N-dealkylation sites (tertiary alicyclic amines) is 1. The summed E-state index contributed by atoms with van der Waals surface area (Å²) in [6.07, 6.45) is 1.82. The second-order valence-electron chi connectivity index (χ2n) is 4.99. The number of amides is 3. The molecule has 0 aromatic heterocycles. The van der Waals surface area contributed by atoms with Crippen molar-refractivity contribution in [3.8, 4) is 0 Å². The van der Waals surface area contributed by atoms with Crippen LogP contribution in [0.4, 0.5) is 4.79 Å². The Kier molecular flexibility index (Phi) is 6.40. The van der Waals surface area contributed by atoms with E-state index in [0.29, 0.717) is 6.54 Å². The largest absolute Gasteiger partial charge is 0.480 e. The molecule has 8 heteroatoms. The molecule has 1 rings (SSSR count). The first-order valence-electron chi connectivity index (χ1n) is 6.45. The predicted octanol–water partition coefficient (Wildman–Crippen LogP) is -0.650. The fourth-order valence-electron chi connectivity index (χ4n) is 2.17. The Morgan fingerprint density at radius 2 is 2.05 bits per heavy atom. The normalized spacial score (nSPS) is 18.4. The Bertz CT molecular complexity index is 372. The molecule has 0 radical (unpaired) electrons. The smallest absolute Gasteiger partial charge is 0.329 e. The Hall–Kier alpha value is -1.67. The van der Waals surface area contributed by atoms with Crippen molar-refractivity contribution in [2.75, 3.05) is 40.4 Å². The van der Waals surface area contributed by atoms with E-state index in [1.165, 1.54) is 0 Å². The van der Waals surface area contributed by atoms with E-state index in [4.69, 9.17) is 5.11 Å². The monoisotopic (exact) mass is 287 g/mol. The molecule has 1 saturated heterocycles. The van der Waals surface area contributed by atoms with Crippen LogP contribution in [0.25, 0.3) is 0 Å². The van der Waals surface area contributed by atoms with Crippen molar-refractivity contribution in [1.82, 2.24) is 15.1 Å². The summed E-state index contributed by atoms with van der Waals surface area (Å²) in [5.41, 5.74) is 0. The number of imide groups is 1. The Labute approximate surface area is 117 Å². The van der Waals surface area contributed by atoms with E-state index in [1.807, 2.05) is 19.0 Å². The van der Waals surface area contributed by atoms with Crippen LogP contribution in [0.3, 0.4) is 0 Å². The van der Waals surface area contributed by atoms with E-state index in [-0.39, 0.29) is 6.04 Å². The summed E-state index contributed by atoms with van der Waals surface area (Å²) in [6, 6.07) is -0.351. The van der Waals surface area contributed by atoms with E-state index < -0.39 is 31.1 Å². The molecule has 0 spiro atoms. The van der Waals surface area contributed by atoms with Gasteiger partial charge in [-0.1, -0.05) is 0 Å². The fourth-order valence-corrected chi connectivity index (χ4v) is 2.17. The van der Waals surface area contributed by atoms with E-state index in [0.717, 1.165) is 19.4 Å². The van der Waals surface area contributed by atoms with Gasteiger partial charge >= 0.3 is 12.0 Å². The predicted molar refractivity (Wildman–Crippen MR) is 70.3 cm³/mol. The highest BCUT2D eigenvalue weighted by atomic mass is 16.5. The van der Waals surface area contributed by atoms with Gasteiger partial charge in [-0.25, -0.2) is 9.59 Å². The lowest BCUT2D eigenvalue weighted by Crippen LogP contribution is -2.48. The van der Waals surface area contributed by atoms with Crippen molar-refractivity contribution >= 4 is 17.9 Å². The van der Waals surface area contributed by atoms with Crippen LogP contribution < -0.4 is 5.32 Å². The standard InChI is InChI=1S/C12H21N3O5/c1-14(2)6-9-4-3-5-15(9)12(19)13-10(16)7-20-8-11(17)18/h9H,3-8H2,1-2H3,(H,17,18)(H,13,16,19). The first-order chi connectivity index (χ1) is 9.40.